The van der Waals surface area contributed by atoms with E-state index in [1.165, 1.54) is 17.7 Å². The zero-order valence-corrected chi connectivity index (χ0v) is 15.3. The van der Waals surface area contributed by atoms with Crippen LogP contribution in [0.1, 0.15) is 40.2 Å². The van der Waals surface area contributed by atoms with Gasteiger partial charge in [0.15, 0.2) is 0 Å². The number of sulfonamides is 1. The monoisotopic (exact) mass is 373 g/mol. The summed E-state index contributed by atoms with van der Waals surface area (Å²) in [5.74, 6) is 0.299. The molecule has 6 nitrogen and oxygen atoms in total. The van der Waals surface area contributed by atoms with Crippen molar-refractivity contribution in [2.24, 2.45) is 5.14 Å². The Labute approximate surface area is 153 Å². The first-order valence-electron chi connectivity index (χ1n) is 8.64. The van der Waals surface area contributed by atoms with E-state index in [0.717, 1.165) is 31.5 Å². The SMILES string of the molecule is NS(=O)(=O)c1ccc(CNC(=O)c2cccc([C@@H]3CCCNC3)c2)cc1. The van der Waals surface area contributed by atoms with Crippen molar-refractivity contribution in [2.45, 2.75) is 30.2 Å². The van der Waals surface area contributed by atoms with Gasteiger partial charge in [-0.2, -0.15) is 0 Å². The molecule has 7 heteroatoms. The zero-order valence-electron chi connectivity index (χ0n) is 14.4. The molecule has 0 saturated carbocycles. The fourth-order valence-electron chi connectivity index (χ4n) is 3.15. The number of carbonyl (C=O) groups is 1. The van der Waals surface area contributed by atoms with Gasteiger partial charge in [0.25, 0.3) is 5.91 Å². The fraction of sp³-hybridized carbons (Fsp3) is 0.316. The third-order valence-electron chi connectivity index (χ3n) is 4.62. The molecule has 1 heterocycles. The molecule has 2 aromatic carbocycles. The first-order chi connectivity index (χ1) is 12.4. The summed E-state index contributed by atoms with van der Waals surface area (Å²) in [6.07, 6.45) is 2.28. The van der Waals surface area contributed by atoms with E-state index in [2.05, 4.69) is 16.7 Å². The lowest BCUT2D eigenvalue weighted by Crippen LogP contribution is -2.28. The van der Waals surface area contributed by atoms with Gasteiger partial charge in [-0.25, -0.2) is 13.6 Å². The molecule has 1 aliphatic rings. The molecule has 0 unspecified atom stereocenters. The number of amides is 1. The van der Waals surface area contributed by atoms with Gasteiger partial charge in [-0.3, -0.25) is 4.79 Å². The van der Waals surface area contributed by atoms with Crippen LogP contribution in [0.4, 0.5) is 0 Å². The second-order valence-corrected chi connectivity index (χ2v) is 8.10. The molecule has 1 fully saturated rings. The lowest BCUT2D eigenvalue weighted by Gasteiger charge is -2.23. The number of rotatable bonds is 5. The Morgan fingerprint density at radius 1 is 1.19 bits per heavy atom. The standard InChI is InChI=1S/C19H23N3O3S/c20-26(24,25)18-8-6-14(7-9-18)12-22-19(23)16-4-1-3-15(11-16)17-5-2-10-21-13-17/h1,3-4,6-9,11,17,21H,2,5,10,12-13H2,(H,22,23)(H2,20,24,25)/t17-/m1/s1. The molecule has 138 valence electrons. The molecule has 0 bridgehead atoms. The summed E-state index contributed by atoms with van der Waals surface area (Å²) in [4.78, 5) is 12.5. The van der Waals surface area contributed by atoms with Crippen molar-refractivity contribution in [3.63, 3.8) is 0 Å². The van der Waals surface area contributed by atoms with Crippen LogP contribution in [0.5, 0.6) is 0 Å². The number of hydrogen-bond acceptors (Lipinski definition) is 4. The van der Waals surface area contributed by atoms with Crippen molar-refractivity contribution in [2.75, 3.05) is 13.1 Å². The normalized spacial score (nSPS) is 17.7. The summed E-state index contributed by atoms with van der Waals surface area (Å²) in [6.45, 7) is 2.32. The highest BCUT2D eigenvalue weighted by Gasteiger charge is 2.16. The number of hydrogen-bond donors (Lipinski definition) is 3. The number of piperidine rings is 1. The van der Waals surface area contributed by atoms with Crippen LogP contribution in [0.15, 0.2) is 53.4 Å². The van der Waals surface area contributed by atoms with E-state index in [1.807, 2.05) is 12.1 Å². The molecule has 3 rings (SSSR count). The molecular weight excluding hydrogens is 350 g/mol. The first-order valence-corrected chi connectivity index (χ1v) is 10.2. The average Bonchev–Trinajstić information content (AvgIpc) is 2.66. The summed E-state index contributed by atoms with van der Waals surface area (Å²) >= 11 is 0. The third kappa shape index (κ3) is 4.69. The molecule has 0 spiro atoms. The molecule has 4 N–H and O–H groups in total. The van der Waals surface area contributed by atoms with E-state index in [-0.39, 0.29) is 10.8 Å². The maximum atomic E-state index is 12.4. The van der Waals surface area contributed by atoms with Gasteiger partial charge in [0.05, 0.1) is 4.90 Å². The minimum atomic E-state index is -3.70. The van der Waals surface area contributed by atoms with Crippen LogP contribution in [-0.4, -0.2) is 27.4 Å². The van der Waals surface area contributed by atoms with Crippen molar-refractivity contribution in [3.8, 4) is 0 Å². The predicted octanol–water partition coefficient (Wildman–Crippen LogP) is 1.73. The summed E-state index contributed by atoms with van der Waals surface area (Å²) in [5, 5.41) is 11.3. The van der Waals surface area contributed by atoms with E-state index in [0.29, 0.717) is 18.0 Å². The van der Waals surface area contributed by atoms with Gasteiger partial charge in [-0.15, -0.1) is 0 Å². The highest BCUT2D eigenvalue weighted by atomic mass is 32.2. The lowest BCUT2D eigenvalue weighted by atomic mass is 9.90. The third-order valence-corrected chi connectivity index (χ3v) is 5.55. The van der Waals surface area contributed by atoms with Crippen LogP contribution < -0.4 is 15.8 Å². The van der Waals surface area contributed by atoms with E-state index in [1.54, 1.807) is 18.2 Å². The van der Waals surface area contributed by atoms with E-state index < -0.39 is 10.0 Å². The van der Waals surface area contributed by atoms with Crippen molar-refractivity contribution in [3.05, 3.63) is 65.2 Å². The van der Waals surface area contributed by atoms with Gasteiger partial charge in [0.2, 0.25) is 10.0 Å². The Balaban J connectivity index is 1.63. The largest absolute Gasteiger partial charge is 0.348 e. The molecule has 1 aliphatic heterocycles. The number of carbonyl (C=O) groups excluding carboxylic acids is 1. The van der Waals surface area contributed by atoms with E-state index in [9.17, 15) is 13.2 Å². The minimum Gasteiger partial charge on any atom is -0.348 e. The lowest BCUT2D eigenvalue weighted by molar-refractivity contribution is 0.0950. The minimum absolute atomic E-state index is 0.0568. The highest BCUT2D eigenvalue weighted by molar-refractivity contribution is 7.89. The molecule has 0 aliphatic carbocycles. The summed E-state index contributed by atoms with van der Waals surface area (Å²) in [5.41, 5.74) is 2.62. The van der Waals surface area contributed by atoms with Crippen molar-refractivity contribution < 1.29 is 13.2 Å². The van der Waals surface area contributed by atoms with Gasteiger partial charge in [0.1, 0.15) is 0 Å². The predicted molar refractivity (Wildman–Crippen MR) is 100 cm³/mol. The number of primary sulfonamides is 1. The van der Waals surface area contributed by atoms with Gasteiger partial charge < -0.3 is 10.6 Å². The number of nitrogens with one attached hydrogen (secondary N) is 2. The Morgan fingerprint density at radius 2 is 1.96 bits per heavy atom. The van der Waals surface area contributed by atoms with Crippen molar-refractivity contribution >= 4 is 15.9 Å². The van der Waals surface area contributed by atoms with Crippen molar-refractivity contribution in [1.82, 2.24) is 10.6 Å². The second kappa shape index (κ2) is 7.99. The van der Waals surface area contributed by atoms with E-state index >= 15 is 0 Å². The summed E-state index contributed by atoms with van der Waals surface area (Å²) in [6, 6.07) is 13.9. The average molecular weight is 373 g/mol. The van der Waals surface area contributed by atoms with Gasteiger partial charge in [0, 0.05) is 18.7 Å². The van der Waals surface area contributed by atoms with E-state index in [4.69, 9.17) is 5.14 Å². The summed E-state index contributed by atoms with van der Waals surface area (Å²) < 4.78 is 22.5. The molecule has 1 amide bonds. The van der Waals surface area contributed by atoms with Crippen LogP contribution in [0.3, 0.4) is 0 Å². The molecule has 1 atom stereocenters. The first kappa shape index (κ1) is 18.6. The summed E-state index contributed by atoms with van der Waals surface area (Å²) in [7, 11) is -3.70. The second-order valence-electron chi connectivity index (χ2n) is 6.54. The van der Waals surface area contributed by atoms with Crippen LogP contribution in [0.25, 0.3) is 0 Å². The maximum absolute atomic E-state index is 12.4. The molecule has 0 radical (unpaired) electrons. The Morgan fingerprint density at radius 3 is 2.62 bits per heavy atom. The van der Waals surface area contributed by atoms with Gasteiger partial charge in [-0.05, 0) is 60.7 Å². The molecular formula is C19H23N3O3S. The highest BCUT2D eigenvalue weighted by Crippen LogP contribution is 2.23. The topological polar surface area (TPSA) is 101 Å². The van der Waals surface area contributed by atoms with Gasteiger partial charge in [-0.1, -0.05) is 24.3 Å². The fourth-order valence-corrected chi connectivity index (χ4v) is 3.67. The zero-order chi connectivity index (χ0) is 18.6. The van der Waals surface area contributed by atoms with Crippen LogP contribution >= 0.6 is 0 Å². The van der Waals surface area contributed by atoms with Crippen molar-refractivity contribution in [1.29, 1.82) is 0 Å². The Kier molecular flexibility index (Phi) is 5.70. The van der Waals surface area contributed by atoms with Gasteiger partial charge >= 0.3 is 0 Å². The molecule has 26 heavy (non-hydrogen) atoms. The Bertz CT molecular complexity index is 873. The molecule has 1 saturated heterocycles. The Hall–Kier alpha value is -2.22. The number of nitrogens with two attached hydrogens (primary N) is 1. The molecule has 2 aromatic rings. The number of benzene rings is 2. The quantitative estimate of drug-likeness (QED) is 0.743. The molecule has 0 aromatic heterocycles. The maximum Gasteiger partial charge on any atom is 0.251 e. The van der Waals surface area contributed by atoms with Crippen LogP contribution in [-0.2, 0) is 16.6 Å². The van der Waals surface area contributed by atoms with Crippen LogP contribution in [0.2, 0.25) is 0 Å². The van der Waals surface area contributed by atoms with Crippen LogP contribution in [0, 0.1) is 0 Å². The smallest absolute Gasteiger partial charge is 0.251 e.